The largest absolute Gasteiger partial charge is 0.336 e. The molecule has 0 unspecified atom stereocenters. The second-order valence-electron chi connectivity index (χ2n) is 5.22. The first kappa shape index (κ1) is 15.1. The number of carbonyl (C=O) groups excluding carboxylic acids is 1. The number of nitrogens with zero attached hydrogens (tertiary/aromatic N) is 5. The van der Waals surface area contributed by atoms with Gasteiger partial charge in [-0.2, -0.15) is 0 Å². The number of hydrogen-bond donors (Lipinski definition) is 1. The normalized spacial score (nSPS) is 15.2. The van der Waals surface area contributed by atoms with E-state index in [9.17, 15) is 14.9 Å². The van der Waals surface area contributed by atoms with Crippen LogP contribution < -0.4 is 5.32 Å². The molecular formula is C14H16N6O3. The zero-order chi connectivity index (χ0) is 16.2. The van der Waals surface area contributed by atoms with Gasteiger partial charge in [-0.15, -0.1) is 5.10 Å². The van der Waals surface area contributed by atoms with Crippen LogP contribution in [0.3, 0.4) is 0 Å². The third-order valence-electron chi connectivity index (χ3n) is 3.64. The van der Waals surface area contributed by atoms with Crippen LogP contribution in [0.4, 0.5) is 5.69 Å². The summed E-state index contributed by atoms with van der Waals surface area (Å²) in [6.45, 7) is 2.95. The average Bonchev–Trinajstić information content (AvgIpc) is 2.90. The molecule has 0 bridgehead atoms. The van der Waals surface area contributed by atoms with Crippen LogP contribution in [0.2, 0.25) is 0 Å². The molecule has 9 nitrogen and oxygen atoms in total. The third kappa shape index (κ3) is 3.34. The van der Waals surface area contributed by atoms with Crippen molar-refractivity contribution in [3.8, 4) is 5.69 Å². The number of amides is 1. The van der Waals surface area contributed by atoms with Gasteiger partial charge in [-0.1, -0.05) is 11.3 Å². The maximum atomic E-state index is 12.4. The van der Waals surface area contributed by atoms with E-state index in [1.54, 1.807) is 17.0 Å². The Balaban J connectivity index is 1.81. The first-order valence-corrected chi connectivity index (χ1v) is 7.32. The summed E-state index contributed by atoms with van der Waals surface area (Å²) >= 11 is 0. The van der Waals surface area contributed by atoms with Gasteiger partial charge in [0.2, 0.25) is 0 Å². The van der Waals surface area contributed by atoms with Crippen molar-refractivity contribution >= 4 is 11.6 Å². The Kier molecular flexibility index (Phi) is 4.29. The number of hydrogen-bond acceptors (Lipinski definition) is 6. The van der Waals surface area contributed by atoms with Crippen LogP contribution in [0.5, 0.6) is 0 Å². The van der Waals surface area contributed by atoms with Crippen molar-refractivity contribution in [3.05, 3.63) is 46.3 Å². The highest BCUT2D eigenvalue weighted by atomic mass is 16.6. The lowest BCUT2D eigenvalue weighted by Gasteiger charge is -2.17. The standard InChI is InChI=1S/C14H16N6O3/c21-14(18-7-2-5-15-6-8-18)13-10-19(17-16-13)11-3-1-4-12(9-11)20(22)23/h1,3-4,9-10,15H,2,5-8H2. The molecule has 2 aromatic rings. The minimum atomic E-state index is -0.475. The molecule has 120 valence electrons. The fourth-order valence-electron chi connectivity index (χ4n) is 2.45. The Labute approximate surface area is 132 Å². The van der Waals surface area contributed by atoms with E-state index in [0.29, 0.717) is 18.8 Å². The third-order valence-corrected chi connectivity index (χ3v) is 3.64. The molecule has 1 aliphatic heterocycles. The highest BCUT2D eigenvalue weighted by molar-refractivity contribution is 5.92. The fraction of sp³-hybridized carbons (Fsp3) is 0.357. The number of nitrogens with one attached hydrogen (secondary N) is 1. The molecule has 0 radical (unpaired) electrons. The zero-order valence-corrected chi connectivity index (χ0v) is 12.4. The van der Waals surface area contributed by atoms with Crippen molar-refractivity contribution < 1.29 is 9.72 Å². The lowest BCUT2D eigenvalue weighted by atomic mass is 10.3. The summed E-state index contributed by atoms with van der Waals surface area (Å²) < 4.78 is 1.37. The zero-order valence-electron chi connectivity index (χ0n) is 12.4. The smallest absolute Gasteiger partial charge is 0.276 e. The molecule has 23 heavy (non-hydrogen) atoms. The van der Waals surface area contributed by atoms with Gasteiger partial charge in [0.15, 0.2) is 5.69 Å². The quantitative estimate of drug-likeness (QED) is 0.657. The summed E-state index contributed by atoms with van der Waals surface area (Å²) in [5, 5.41) is 21.9. The molecule has 0 spiro atoms. The van der Waals surface area contributed by atoms with Gasteiger partial charge >= 0.3 is 0 Å². The molecule has 9 heteroatoms. The molecule has 0 saturated carbocycles. The summed E-state index contributed by atoms with van der Waals surface area (Å²) in [5.41, 5.74) is 0.686. The number of benzene rings is 1. The van der Waals surface area contributed by atoms with Gasteiger partial charge in [0.05, 0.1) is 16.8 Å². The summed E-state index contributed by atoms with van der Waals surface area (Å²) in [6.07, 6.45) is 2.39. The molecule has 2 heterocycles. The van der Waals surface area contributed by atoms with Gasteiger partial charge in [0, 0.05) is 31.8 Å². The molecule has 1 amide bonds. The van der Waals surface area contributed by atoms with E-state index in [2.05, 4.69) is 15.6 Å². The van der Waals surface area contributed by atoms with E-state index < -0.39 is 4.92 Å². The Morgan fingerprint density at radius 1 is 1.30 bits per heavy atom. The number of nitro groups is 1. The maximum absolute atomic E-state index is 12.4. The molecule has 1 aliphatic rings. The Morgan fingerprint density at radius 2 is 2.17 bits per heavy atom. The monoisotopic (exact) mass is 316 g/mol. The van der Waals surface area contributed by atoms with Gasteiger partial charge in [-0.05, 0) is 19.0 Å². The Hall–Kier alpha value is -2.81. The van der Waals surface area contributed by atoms with E-state index >= 15 is 0 Å². The Bertz CT molecular complexity index is 721. The topological polar surface area (TPSA) is 106 Å². The van der Waals surface area contributed by atoms with E-state index in [4.69, 9.17) is 0 Å². The van der Waals surface area contributed by atoms with E-state index in [1.807, 2.05) is 0 Å². The molecule has 1 fully saturated rings. The molecule has 3 rings (SSSR count). The van der Waals surface area contributed by atoms with Crippen molar-refractivity contribution in [1.29, 1.82) is 0 Å². The van der Waals surface area contributed by atoms with E-state index in [1.165, 1.54) is 23.0 Å². The minimum absolute atomic E-state index is 0.0375. The summed E-state index contributed by atoms with van der Waals surface area (Å²) in [4.78, 5) is 24.5. The summed E-state index contributed by atoms with van der Waals surface area (Å²) in [5.74, 6) is -0.176. The first-order valence-electron chi connectivity index (χ1n) is 7.32. The number of non-ortho nitro benzene ring substituents is 1. The summed E-state index contributed by atoms with van der Waals surface area (Å²) in [6, 6.07) is 6.03. The van der Waals surface area contributed by atoms with Crippen molar-refractivity contribution in [2.45, 2.75) is 6.42 Å². The predicted octanol–water partition coefficient (Wildman–Crippen LogP) is 0.611. The van der Waals surface area contributed by atoms with Crippen LogP contribution in [0.1, 0.15) is 16.9 Å². The van der Waals surface area contributed by atoms with Gasteiger partial charge in [-0.25, -0.2) is 4.68 Å². The van der Waals surface area contributed by atoms with Crippen molar-refractivity contribution in [2.75, 3.05) is 26.2 Å². The molecule has 0 atom stereocenters. The Morgan fingerprint density at radius 3 is 3.00 bits per heavy atom. The van der Waals surface area contributed by atoms with E-state index in [-0.39, 0.29) is 17.3 Å². The molecule has 1 N–H and O–H groups in total. The van der Waals surface area contributed by atoms with Crippen LogP contribution in [0.25, 0.3) is 5.69 Å². The SMILES string of the molecule is O=C(c1cn(-c2cccc([N+](=O)[O-])c2)nn1)N1CCCNCC1. The van der Waals surface area contributed by atoms with Crippen LogP contribution in [-0.2, 0) is 0 Å². The summed E-state index contributed by atoms with van der Waals surface area (Å²) in [7, 11) is 0. The number of nitro benzene ring substituents is 1. The predicted molar refractivity (Wildman–Crippen MR) is 81.4 cm³/mol. The van der Waals surface area contributed by atoms with E-state index in [0.717, 1.165) is 19.5 Å². The average molecular weight is 316 g/mol. The van der Waals surface area contributed by atoms with Crippen molar-refractivity contribution in [1.82, 2.24) is 25.2 Å². The highest BCUT2D eigenvalue weighted by Crippen LogP contribution is 2.16. The molecule has 0 aliphatic carbocycles. The van der Waals surface area contributed by atoms with Crippen molar-refractivity contribution in [2.24, 2.45) is 0 Å². The van der Waals surface area contributed by atoms with Gasteiger partial charge in [-0.3, -0.25) is 14.9 Å². The molecule has 1 aromatic carbocycles. The molecular weight excluding hydrogens is 300 g/mol. The van der Waals surface area contributed by atoms with Gasteiger partial charge in [0.25, 0.3) is 11.6 Å². The minimum Gasteiger partial charge on any atom is -0.336 e. The second kappa shape index (κ2) is 6.53. The van der Waals surface area contributed by atoms with Crippen LogP contribution in [0, 0.1) is 10.1 Å². The number of aromatic nitrogens is 3. The second-order valence-corrected chi connectivity index (χ2v) is 5.22. The first-order chi connectivity index (χ1) is 11.1. The number of carbonyl (C=O) groups is 1. The fourth-order valence-corrected chi connectivity index (χ4v) is 2.45. The number of rotatable bonds is 3. The van der Waals surface area contributed by atoms with Gasteiger partial charge in [0.1, 0.15) is 0 Å². The maximum Gasteiger partial charge on any atom is 0.276 e. The molecule has 1 saturated heterocycles. The van der Waals surface area contributed by atoms with Crippen LogP contribution in [-0.4, -0.2) is 56.9 Å². The van der Waals surface area contributed by atoms with Gasteiger partial charge < -0.3 is 10.2 Å². The van der Waals surface area contributed by atoms with Crippen molar-refractivity contribution in [3.63, 3.8) is 0 Å². The molecule has 1 aromatic heterocycles. The highest BCUT2D eigenvalue weighted by Gasteiger charge is 2.20. The lowest BCUT2D eigenvalue weighted by molar-refractivity contribution is -0.384. The van der Waals surface area contributed by atoms with Crippen LogP contribution >= 0.6 is 0 Å². The lowest BCUT2D eigenvalue weighted by Crippen LogP contribution is -2.34. The van der Waals surface area contributed by atoms with Crippen LogP contribution in [0.15, 0.2) is 30.5 Å².